The number of hydrogen-bond acceptors (Lipinski definition) is 4. The first-order valence-electron chi connectivity index (χ1n) is 7.14. The molecule has 6 nitrogen and oxygen atoms in total. The van der Waals surface area contributed by atoms with Gasteiger partial charge in [0.25, 0.3) is 11.5 Å². The summed E-state index contributed by atoms with van der Waals surface area (Å²) in [5.41, 5.74) is 0.129. The summed E-state index contributed by atoms with van der Waals surface area (Å²) in [6.45, 7) is 3.88. The highest BCUT2D eigenvalue weighted by Gasteiger charge is 2.27. The van der Waals surface area contributed by atoms with Gasteiger partial charge >= 0.3 is 0 Å². The number of aryl methyl sites for hydroxylation is 1. The Morgan fingerprint density at radius 2 is 2.30 bits per heavy atom. The second-order valence-electron chi connectivity index (χ2n) is 5.22. The fourth-order valence-electron chi connectivity index (χ4n) is 2.36. The van der Waals surface area contributed by atoms with Crippen LogP contribution in [0.5, 0.6) is 0 Å². The second kappa shape index (κ2) is 6.65. The number of likely N-dealkylation sites (tertiary alicyclic amines) is 1. The number of aliphatic hydroxyl groups excluding tert-OH is 1. The van der Waals surface area contributed by atoms with Crippen molar-refractivity contribution in [2.24, 2.45) is 5.92 Å². The van der Waals surface area contributed by atoms with Gasteiger partial charge < -0.3 is 10.0 Å². The van der Waals surface area contributed by atoms with E-state index in [0.29, 0.717) is 25.3 Å². The molecule has 0 radical (unpaired) electrons. The summed E-state index contributed by atoms with van der Waals surface area (Å²) in [4.78, 5) is 25.7. The lowest BCUT2D eigenvalue weighted by atomic mass is 10.1. The number of unbranched alkanes of at least 4 members (excludes halogenated alkanes) is 1. The number of aliphatic hydroxyl groups is 1. The fourth-order valence-corrected chi connectivity index (χ4v) is 2.36. The molecule has 1 aromatic rings. The Morgan fingerprint density at radius 3 is 2.95 bits per heavy atom. The minimum absolute atomic E-state index is 0.104. The molecule has 0 bridgehead atoms. The van der Waals surface area contributed by atoms with Gasteiger partial charge in [-0.25, -0.2) is 4.68 Å². The maximum Gasteiger partial charge on any atom is 0.274 e. The summed E-state index contributed by atoms with van der Waals surface area (Å²) in [5.74, 6) is -0.00357. The van der Waals surface area contributed by atoms with Crippen molar-refractivity contribution >= 4 is 5.91 Å². The van der Waals surface area contributed by atoms with E-state index in [1.807, 2.05) is 6.92 Å². The van der Waals surface area contributed by atoms with Crippen molar-refractivity contribution in [1.29, 1.82) is 0 Å². The monoisotopic (exact) mass is 279 g/mol. The molecule has 1 atom stereocenters. The van der Waals surface area contributed by atoms with Gasteiger partial charge in [-0.2, -0.15) is 5.10 Å². The van der Waals surface area contributed by atoms with Crippen LogP contribution in [-0.2, 0) is 6.54 Å². The number of carbonyl (C=O) groups excluding carboxylic acids is 1. The van der Waals surface area contributed by atoms with Crippen LogP contribution in [0.3, 0.4) is 0 Å². The zero-order valence-corrected chi connectivity index (χ0v) is 11.8. The van der Waals surface area contributed by atoms with Crippen molar-refractivity contribution in [1.82, 2.24) is 14.7 Å². The maximum absolute atomic E-state index is 12.3. The molecular formula is C14H21N3O3. The van der Waals surface area contributed by atoms with Crippen LogP contribution in [0.1, 0.15) is 36.7 Å². The van der Waals surface area contributed by atoms with Gasteiger partial charge in [0.15, 0.2) is 0 Å². The molecule has 110 valence electrons. The molecule has 2 rings (SSSR count). The first-order chi connectivity index (χ1) is 9.65. The molecular weight excluding hydrogens is 258 g/mol. The van der Waals surface area contributed by atoms with Crippen LogP contribution in [0.15, 0.2) is 16.9 Å². The number of rotatable bonds is 5. The van der Waals surface area contributed by atoms with Crippen molar-refractivity contribution in [2.75, 3.05) is 19.7 Å². The van der Waals surface area contributed by atoms with Gasteiger partial charge in [-0.1, -0.05) is 13.3 Å². The molecule has 2 heterocycles. The summed E-state index contributed by atoms with van der Waals surface area (Å²) in [7, 11) is 0. The van der Waals surface area contributed by atoms with Crippen molar-refractivity contribution in [2.45, 2.75) is 32.7 Å². The quantitative estimate of drug-likeness (QED) is 0.851. The molecule has 0 spiro atoms. The highest BCUT2D eigenvalue weighted by atomic mass is 16.3. The molecule has 0 saturated carbocycles. The summed E-state index contributed by atoms with van der Waals surface area (Å²) < 4.78 is 1.36. The minimum atomic E-state index is -0.176. The van der Waals surface area contributed by atoms with Crippen molar-refractivity contribution in [3.63, 3.8) is 0 Å². The van der Waals surface area contributed by atoms with E-state index < -0.39 is 0 Å². The highest BCUT2D eigenvalue weighted by Crippen LogP contribution is 2.17. The lowest BCUT2D eigenvalue weighted by Crippen LogP contribution is -2.32. The van der Waals surface area contributed by atoms with E-state index in [1.54, 1.807) is 4.90 Å². The lowest BCUT2D eigenvalue weighted by Gasteiger charge is -2.16. The average molecular weight is 279 g/mol. The molecule has 1 aliphatic rings. The first-order valence-corrected chi connectivity index (χ1v) is 7.14. The van der Waals surface area contributed by atoms with Crippen LogP contribution in [0.25, 0.3) is 0 Å². The average Bonchev–Trinajstić information content (AvgIpc) is 2.94. The Kier molecular flexibility index (Phi) is 4.89. The largest absolute Gasteiger partial charge is 0.396 e. The van der Waals surface area contributed by atoms with Crippen molar-refractivity contribution in [3.05, 3.63) is 28.2 Å². The van der Waals surface area contributed by atoms with Gasteiger partial charge in [-0.05, 0) is 18.9 Å². The molecule has 0 aliphatic carbocycles. The van der Waals surface area contributed by atoms with Crippen molar-refractivity contribution < 1.29 is 9.90 Å². The summed E-state index contributed by atoms with van der Waals surface area (Å²) >= 11 is 0. The van der Waals surface area contributed by atoms with Gasteiger partial charge in [0.1, 0.15) is 5.69 Å². The zero-order valence-electron chi connectivity index (χ0n) is 11.8. The molecule has 1 aliphatic heterocycles. The maximum atomic E-state index is 12.3. The molecule has 1 saturated heterocycles. The third kappa shape index (κ3) is 3.25. The number of amides is 1. The van der Waals surface area contributed by atoms with Gasteiger partial charge in [0, 0.05) is 38.2 Å². The number of hydrogen-bond donors (Lipinski definition) is 1. The Hall–Kier alpha value is -1.69. The van der Waals surface area contributed by atoms with E-state index in [1.165, 1.54) is 16.8 Å². The van der Waals surface area contributed by atoms with Gasteiger partial charge in [0.05, 0.1) is 0 Å². The summed E-state index contributed by atoms with van der Waals surface area (Å²) in [6.07, 6.45) is 2.65. The van der Waals surface area contributed by atoms with Crippen LogP contribution in [-0.4, -0.2) is 45.4 Å². The predicted molar refractivity (Wildman–Crippen MR) is 74.5 cm³/mol. The van der Waals surface area contributed by atoms with Crippen LogP contribution >= 0.6 is 0 Å². The zero-order chi connectivity index (χ0) is 14.5. The summed E-state index contributed by atoms with van der Waals surface area (Å²) in [5, 5.41) is 13.3. The molecule has 1 fully saturated rings. The fraction of sp³-hybridized carbons (Fsp3) is 0.643. The molecule has 1 unspecified atom stereocenters. The van der Waals surface area contributed by atoms with Gasteiger partial charge in [-0.15, -0.1) is 0 Å². The van der Waals surface area contributed by atoms with Crippen LogP contribution in [0, 0.1) is 5.92 Å². The molecule has 6 heteroatoms. The minimum Gasteiger partial charge on any atom is -0.396 e. The molecule has 0 aromatic carbocycles. The third-order valence-corrected chi connectivity index (χ3v) is 3.64. The highest BCUT2D eigenvalue weighted by molar-refractivity contribution is 5.92. The number of carbonyl (C=O) groups is 1. The Balaban J connectivity index is 2.12. The topological polar surface area (TPSA) is 75.4 Å². The lowest BCUT2D eigenvalue weighted by molar-refractivity contribution is 0.0773. The Labute approximate surface area is 118 Å². The number of aromatic nitrogens is 2. The summed E-state index contributed by atoms with van der Waals surface area (Å²) in [6, 6.07) is 2.88. The van der Waals surface area contributed by atoms with Gasteiger partial charge in [-0.3, -0.25) is 9.59 Å². The van der Waals surface area contributed by atoms with E-state index in [-0.39, 0.29) is 24.0 Å². The van der Waals surface area contributed by atoms with Crippen LogP contribution in [0.4, 0.5) is 0 Å². The van der Waals surface area contributed by atoms with E-state index in [2.05, 4.69) is 5.10 Å². The SMILES string of the molecule is CCCCn1nc(C(=O)N2CCC(CO)C2)ccc1=O. The van der Waals surface area contributed by atoms with E-state index in [0.717, 1.165) is 19.3 Å². The van der Waals surface area contributed by atoms with Crippen LogP contribution in [0.2, 0.25) is 0 Å². The van der Waals surface area contributed by atoms with E-state index in [9.17, 15) is 9.59 Å². The smallest absolute Gasteiger partial charge is 0.274 e. The Morgan fingerprint density at radius 1 is 1.50 bits per heavy atom. The predicted octanol–water partition coefficient (Wildman–Crippen LogP) is 0.498. The molecule has 1 aromatic heterocycles. The van der Waals surface area contributed by atoms with E-state index in [4.69, 9.17) is 5.11 Å². The standard InChI is InChI=1S/C14H21N3O3/c1-2-3-7-17-13(19)5-4-12(15-17)14(20)16-8-6-11(9-16)10-18/h4-5,11,18H,2-3,6-10H2,1H3. The van der Waals surface area contributed by atoms with Crippen molar-refractivity contribution in [3.8, 4) is 0 Å². The second-order valence-corrected chi connectivity index (χ2v) is 5.22. The molecule has 1 amide bonds. The van der Waals surface area contributed by atoms with Gasteiger partial charge in [0.2, 0.25) is 0 Å². The van der Waals surface area contributed by atoms with Crippen LogP contribution < -0.4 is 5.56 Å². The van der Waals surface area contributed by atoms with E-state index >= 15 is 0 Å². The normalized spacial score (nSPS) is 18.5. The Bertz CT molecular complexity index is 527. The first kappa shape index (κ1) is 14.7. The molecule has 1 N–H and O–H groups in total. The molecule has 20 heavy (non-hydrogen) atoms. The third-order valence-electron chi connectivity index (χ3n) is 3.64. The number of nitrogens with zero attached hydrogens (tertiary/aromatic N) is 3.